The van der Waals surface area contributed by atoms with Crippen molar-refractivity contribution in [3.05, 3.63) is 33.0 Å². The minimum absolute atomic E-state index is 0.272. The van der Waals surface area contributed by atoms with Crippen molar-refractivity contribution in [2.45, 2.75) is 51.5 Å². The molecule has 0 spiro atoms. The molecule has 1 aliphatic rings. The lowest BCUT2D eigenvalue weighted by atomic mass is 9.96. The second-order valence-corrected chi connectivity index (χ2v) is 7.66. The molecule has 1 amide bonds. The number of amides is 1. The molecule has 5 nitrogen and oxygen atoms in total. The third-order valence-corrected chi connectivity index (χ3v) is 5.89. The fraction of sp³-hybridized carbons (Fsp3) is 0.588. The Morgan fingerprint density at radius 2 is 2.42 bits per heavy atom. The number of piperidine rings is 1. The van der Waals surface area contributed by atoms with Crippen molar-refractivity contribution in [3.63, 3.8) is 0 Å². The molecular formula is C17H24N4OS2. The molecule has 0 bridgehead atoms. The largest absolute Gasteiger partial charge is 0.342 e. The second kappa shape index (κ2) is 8.07. The van der Waals surface area contributed by atoms with E-state index in [2.05, 4.69) is 34.6 Å². The minimum Gasteiger partial charge on any atom is -0.342 e. The van der Waals surface area contributed by atoms with E-state index in [9.17, 15) is 4.79 Å². The quantitative estimate of drug-likeness (QED) is 0.794. The molecule has 0 radical (unpaired) electrons. The molecular weight excluding hydrogens is 340 g/mol. The van der Waals surface area contributed by atoms with Crippen LogP contribution >= 0.6 is 23.6 Å². The first-order chi connectivity index (χ1) is 11.7. The van der Waals surface area contributed by atoms with Gasteiger partial charge in [-0.05, 0) is 56.3 Å². The fourth-order valence-electron chi connectivity index (χ4n) is 3.39. The number of aryl methyl sites for hydroxylation is 1. The van der Waals surface area contributed by atoms with E-state index in [1.165, 1.54) is 4.88 Å². The summed E-state index contributed by atoms with van der Waals surface area (Å²) in [4.78, 5) is 15.9. The summed E-state index contributed by atoms with van der Waals surface area (Å²) in [5.41, 5.74) is 0. The van der Waals surface area contributed by atoms with E-state index in [0.29, 0.717) is 11.2 Å². The summed E-state index contributed by atoms with van der Waals surface area (Å²) in [7, 11) is 0. The van der Waals surface area contributed by atoms with E-state index >= 15 is 0 Å². The van der Waals surface area contributed by atoms with Crippen molar-refractivity contribution in [3.8, 4) is 0 Å². The molecule has 2 aromatic rings. The van der Waals surface area contributed by atoms with Crippen LogP contribution in [0.3, 0.4) is 0 Å². The highest BCUT2D eigenvalue weighted by Crippen LogP contribution is 2.26. The van der Waals surface area contributed by atoms with Crippen LogP contribution in [0.15, 0.2) is 17.5 Å². The lowest BCUT2D eigenvalue weighted by Crippen LogP contribution is -2.39. The van der Waals surface area contributed by atoms with E-state index < -0.39 is 0 Å². The number of aromatic nitrogens is 3. The number of carbonyl (C=O) groups is 1. The van der Waals surface area contributed by atoms with Crippen molar-refractivity contribution in [1.29, 1.82) is 0 Å². The van der Waals surface area contributed by atoms with Gasteiger partial charge < -0.3 is 9.47 Å². The van der Waals surface area contributed by atoms with Gasteiger partial charge in [0.15, 0.2) is 4.77 Å². The molecule has 0 aromatic carbocycles. The van der Waals surface area contributed by atoms with Crippen LogP contribution in [-0.4, -0.2) is 38.7 Å². The molecule has 1 N–H and O–H groups in total. The van der Waals surface area contributed by atoms with E-state index in [-0.39, 0.29) is 11.8 Å². The summed E-state index contributed by atoms with van der Waals surface area (Å²) >= 11 is 7.05. The van der Waals surface area contributed by atoms with Gasteiger partial charge in [-0.1, -0.05) is 6.07 Å². The summed E-state index contributed by atoms with van der Waals surface area (Å²) in [6.07, 6.45) is 4.65. The number of H-pyrrole nitrogens is 1. The predicted molar refractivity (Wildman–Crippen MR) is 98.9 cm³/mol. The van der Waals surface area contributed by atoms with Gasteiger partial charge in [0.2, 0.25) is 5.91 Å². The van der Waals surface area contributed by atoms with Gasteiger partial charge in [0.05, 0.1) is 0 Å². The van der Waals surface area contributed by atoms with Crippen molar-refractivity contribution < 1.29 is 4.79 Å². The normalized spacial score (nSPS) is 18.0. The van der Waals surface area contributed by atoms with Crippen LogP contribution in [0, 0.1) is 4.77 Å². The topological polar surface area (TPSA) is 53.9 Å². The zero-order valence-corrected chi connectivity index (χ0v) is 15.7. The average Bonchev–Trinajstić information content (AvgIpc) is 3.24. The number of rotatable bonds is 6. The summed E-state index contributed by atoms with van der Waals surface area (Å²) in [5.74, 6) is 1.56. The van der Waals surface area contributed by atoms with Gasteiger partial charge in [-0.25, -0.2) is 0 Å². The molecule has 1 fully saturated rings. The zero-order valence-electron chi connectivity index (χ0n) is 14.0. The third kappa shape index (κ3) is 3.95. The van der Waals surface area contributed by atoms with Crippen LogP contribution in [0.5, 0.6) is 0 Å². The monoisotopic (exact) mass is 364 g/mol. The standard InChI is InChI=1S/C17H24N4OS2/c1-2-21-16(18-19-17(21)23)13-6-4-10-20(12-13)15(22)9-3-7-14-8-5-11-24-14/h5,8,11,13H,2-4,6-7,9-10,12H2,1H3,(H,19,23). The maximum Gasteiger partial charge on any atom is 0.222 e. The van der Waals surface area contributed by atoms with Gasteiger partial charge >= 0.3 is 0 Å². The Balaban J connectivity index is 1.56. The van der Waals surface area contributed by atoms with Gasteiger partial charge in [-0.3, -0.25) is 9.89 Å². The van der Waals surface area contributed by atoms with Crippen molar-refractivity contribution in [2.24, 2.45) is 0 Å². The Morgan fingerprint density at radius 1 is 1.54 bits per heavy atom. The molecule has 1 saturated heterocycles. The van der Waals surface area contributed by atoms with Crippen molar-refractivity contribution in [1.82, 2.24) is 19.7 Å². The third-order valence-electron chi connectivity index (χ3n) is 4.64. The number of nitrogens with one attached hydrogen (secondary N) is 1. The summed E-state index contributed by atoms with van der Waals surface area (Å²) in [5, 5.41) is 9.39. The smallest absolute Gasteiger partial charge is 0.222 e. The number of carbonyl (C=O) groups excluding carboxylic acids is 1. The number of likely N-dealkylation sites (tertiary alicyclic amines) is 1. The fourth-order valence-corrected chi connectivity index (χ4v) is 4.41. The molecule has 1 unspecified atom stereocenters. The Labute approximate surface area is 151 Å². The summed E-state index contributed by atoms with van der Waals surface area (Å²) in [6, 6.07) is 4.21. The van der Waals surface area contributed by atoms with E-state index in [1.54, 1.807) is 11.3 Å². The SMILES string of the molecule is CCn1c(C2CCCN(C(=O)CCCc3cccs3)C2)n[nH]c1=S. The molecule has 0 aliphatic carbocycles. The van der Waals surface area contributed by atoms with Crippen molar-refractivity contribution >= 4 is 29.5 Å². The van der Waals surface area contributed by atoms with Gasteiger partial charge in [0.1, 0.15) is 5.82 Å². The number of aromatic amines is 1. The Hall–Kier alpha value is -1.47. The highest BCUT2D eigenvalue weighted by Gasteiger charge is 2.27. The average molecular weight is 365 g/mol. The van der Waals surface area contributed by atoms with Crippen LogP contribution in [-0.2, 0) is 17.8 Å². The summed E-state index contributed by atoms with van der Waals surface area (Å²) in [6.45, 7) is 4.52. The molecule has 1 aliphatic heterocycles. The van der Waals surface area contributed by atoms with Crippen molar-refractivity contribution in [2.75, 3.05) is 13.1 Å². The highest BCUT2D eigenvalue weighted by molar-refractivity contribution is 7.71. The minimum atomic E-state index is 0.272. The van der Waals surface area contributed by atoms with Crippen LogP contribution < -0.4 is 0 Å². The number of thiophene rings is 1. The first-order valence-corrected chi connectivity index (χ1v) is 9.93. The lowest BCUT2D eigenvalue weighted by molar-refractivity contribution is -0.132. The second-order valence-electron chi connectivity index (χ2n) is 6.24. The Morgan fingerprint density at radius 3 is 3.17 bits per heavy atom. The summed E-state index contributed by atoms with van der Waals surface area (Å²) < 4.78 is 2.72. The maximum atomic E-state index is 12.5. The number of hydrogen-bond donors (Lipinski definition) is 1. The van der Waals surface area contributed by atoms with Gasteiger partial charge in [-0.2, -0.15) is 5.10 Å². The van der Waals surface area contributed by atoms with Crippen LogP contribution in [0.1, 0.15) is 49.2 Å². The Kier molecular flexibility index (Phi) is 5.84. The molecule has 0 saturated carbocycles. The highest BCUT2D eigenvalue weighted by atomic mass is 32.1. The molecule has 2 aromatic heterocycles. The first-order valence-electron chi connectivity index (χ1n) is 8.64. The number of nitrogens with zero attached hydrogens (tertiary/aromatic N) is 3. The lowest BCUT2D eigenvalue weighted by Gasteiger charge is -2.32. The van der Waals surface area contributed by atoms with Gasteiger partial charge in [-0.15, -0.1) is 11.3 Å². The molecule has 130 valence electrons. The van der Waals surface area contributed by atoms with E-state index in [4.69, 9.17) is 12.2 Å². The van der Waals surface area contributed by atoms with Gasteiger partial charge in [0.25, 0.3) is 0 Å². The Bertz CT molecular complexity index is 719. The van der Waals surface area contributed by atoms with Gasteiger partial charge in [0, 0.05) is 36.9 Å². The first kappa shape index (κ1) is 17.4. The van der Waals surface area contributed by atoms with E-state index in [0.717, 1.165) is 51.1 Å². The van der Waals surface area contributed by atoms with Crippen LogP contribution in [0.25, 0.3) is 0 Å². The molecule has 3 heterocycles. The van der Waals surface area contributed by atoms with Crippen LogP contribution in [0.4, 0.5) is 0 Å². The zero-order chi connectivity index (χ0) is 16.9. The molecule has 24 heavy (non-hydrogen) atoms. The number of hydrogen-bond acceptors (Lipinski definition) is 4. The molecule has 1 atom stereocenters. The van der Waals surface area contributed by atoms with E-state index in [1.807, 2.05) is 9.47 Å². The molecule has 3 rings (SSSR count). The van der Waals surface area contributed by atoms with Crippen LogP contribution in [0.2, 0.25) is 0 Å². The molecule has 7 heteroatoms. The maximum absolute atomic E-state index is 12.5. The predicted octanol–water partition coefficient (Wildman–Crippen LogP) is 3.75.